The Morgan fingerprint density at radius 1 is 0.367 bits per heavy atom. The van der Waals surface area contributed by atoms with E-state index in [-0.39, 0.29) is 0 Å². The van der Waals surface area contributed by atoms with E-state index in [0.717, 1.165) is 6.92 Å². The summed E-state index contributed by atoms with van der Waals surface area (Å²) in [5, 5.41) is -3.05. The zero-order chi connectivity index (χ0) is 23.2. The normalized spacial score (nSPS) is 11.0. The van der Waals surface area contributed by atoms with Crippen LogP contribution in [-0.4, -0.2) is 7.85 Å². The molecule has 0 saturated carbocycles. The number of hydrogen-bond acceptors (Lipinski definition) is 0. The van der Waals surface area contributed by atoms with Gasteiger partial charge in [0, 0.05) is 5.56 Å². The van der Waals surface area contributed by atoms with Crippen LogP contribution in [0.5, 0.6) is 0 Å². The van der Waals surface area contributed by atoms with Crippen molar-refractivity contribution < 1.29 is 52.7 Å². The van der Waals surface area contributed by atoms with E-state index >= 15 is 0 Å². The summed E-state index contributed by atoms with van der Waals surface area (Å²) in [6.45, 7) is 0.756. The van der Waals surface area contributed by atoms with Gasteiger partial charge in [-0.1, -0.05) is 0 Å². The molecule has 0 aromatic heterocycles. The predicted octanol–water partition coefficient (Wildman–Crippen LogP) is 5.30. The molecular weight excluding hydrogens is 443 g/mol. The monoisotopic (exact) mass is 446 g/mol. The number of hydrogen-bond donors (Lipinski definition) is 0. The summed E-state index contributed by atoms with van der Waals surface area (Å²) < 4.78 is 153. The Kier molecular flexibility index (Phi) is 6.33. The lowest BCUT2D eigenvalue weighted by atomic mass is 9.94. The maximum Gasteiger partial charge on any atom is 0.200 e. The molecule has 0 aliphatic carbocycles. The summed E-state index contributed by atoms with van der Waals surface area (Å²) in [5.74, 6) is -24.6. The highest BCUT2D eigenvalue weighted by molar-refractivity contribution is 6.32. The van der Waals surface area contributed by atoms with Crippen LogP contribution in [0.1, 0.15) is 5.56 Å². The molecule has 13 heteroatoms. The highest BCUT2D eigenvalue weighted by atomic mass is 19.2. The minimum atomic E-state index is -2.33. The molecular formula is C17H3BF12-. The van der Waals surface area contributed by atoms with Crippen LogP contribution >= 0.6 is 0 Å². The molecule has 0 amide bonds. The Bertz CT molecular complexity index is 970. The van der Waals surface area contributed by atoms with E-state index in [0.29, 0.717) is 0 Å². The number of halogens is 12. The van der Waals surface area contributed by atoms with Gasteiger partial charge in [-0.05, 0) is 6.92 Å². The Balaban J connectivity index is 0.000000232. The van der Waals surface area contributed by atoms with Crippen molar-refractivity contribution in [3.05, 3.63) is 75.4 Å². The Morgan fingerprint density at radius 3 is 1.03 bits per heavy atom. The Hall–Kier alpha value is -2.86. The van der Waals surface area contributed by atoms with Gasteiger partial charge in [0.2, 0.25) is 0 Å². The molecule has 0 unspecified atom stereocenters. The molecule has 3 aromatic carbocycles. The molecule has 3 aromatic rings. The molecule has 30 heavy (non-hydrogen) atoms. The van der Waals surface area contributed by atoms with E-state index in [1.54, 1.807) is 0 Å². The molecule has 0 atom stereocenters. The molecule has 0 aliphatic heterocycles. The molecule has 0 N–H and O–H groups in total. The van der Waals surface area contributed by atoms with Crippen LogP contribution in [0, 0.1) is 76.7 Å². The Labute approximate surface area is 160 Å². The summed E-state index contributed by atoms with van der Waals surface area (Å²) in [5.41, 5.74) is -2.32. The van der Waals surface area contributed by atoms with Crippen LogP contribution in [-0.2, 0) is 0 Å². The third-order valence-electron chi connectivity index (χ3n) is 3.80. The van der Waals surface area contributed by atoms with Crippen LogP contribution < -0.4 is 5.46 Å². The van der Waals surface area contributed by atoms with Gasteiger partial charge in [-0.3, -0.25) is 0 Å². The maximum absolute atomic E-state index is 13.5. The van der Waals surface area contributed by atoms with E-state index in [1.165, 1.54) is 0 Å². The predicted molar refractivity (Wildman–Crippen MR) is 80.0 cm³/mol. The van der Waals surface area contributed by atoms with Gasteiger partial charge in [0.25, 0.3) is 0 Å². The summed E-state index contributed by atoms with van der Waals surface area (Å²) in [7, 11) is 4.56. The van der Waals surface area contributed by atoms with Crippen LogP contribution in [0.2, 0.25) is 0 Å². The van der Waals surface area contributed by atoms with E-state index in [1.807, 2.05) is 0 Å². The third-order valence-corrected chi connectivity index (χ3v) is 3.80. The summed E-state index contributed by atoms with van der Waals surface area (Å²) in [4.78, 5) is 0. The number of benzene rings is 3. The van der Waals surface area contributed by atoms with Gasteiger partial charge >= 0.3 is 0 Å². The molecule has 0 saturated heterocycles. The fourth-order valence-electron chi connectivity index (χ4n) is 2.22. The molecule has 3 rings (SSSR count). The second-order valence-electron chi connectivity index (χ2n) is 5.56. The lowest BCUT2D eigenvalue weighted by Crippen LogP contribution is -2.20. The first-order valence-electron chi connectivity index (χ1n) is 7.31. The van der Waals surface area contributed by atoms with Crippen LogP contribution in [0.25, 0.3) is 10.8 Å². The molecule has 0 nitrogen and oxygen atoms in total. The lowest BCUT2D eigenvalue weighted by molar-refractivity contribution is 0.384. The lowest BCUT2D eigenvalue weighted by Gasteiger charge is -2.12. The third kappa shape index (κ3) is 3.45. The molecule has 0 heterocycles. The van der Waals surface area contributed by atoms with E-state index < -0.39 is 91.6 Å². The molecule has 3 radical (unpaired) electrons. The van der Waals surface area contributed by atoms with Crippen LogP contribution in [0.3, 0.4) is 0 Å². The van der Waals surface area contributed by atoms with Gasteiger partial charge in [0.1, 0.15) is 17.5 Å². The average molecular weight is 446 g/mol. The van der Waals surface area contributed by atoms with Crippen molar-refractivity contribution in [1.82, 2.24) is 0 Å². The zero-order valence-electron chi connectivity index (χ0n) is 14.1. The van der Waals surface area contributed by atoms with E-state index in [4.69, 9.17) is 0 Å². The fraction of sp³-hybridized carbons (Fsp3) is 0.0588. The van der Waals surface area contributed by atoms with Gasteiger partial charge in [0.05, 0.1) is 10.8 Å². The summed E-state index contributed by atoms with van der Waals surface area (Å²) in [6, 6.07) is 0. The van der Waals surface area contributed by atoms with E-state index in [2.05, 4.69) is 7.85 Å². The topological polar surface area (TPSA) is 0 Å². The minimum absolute atomic E-state index is 0.756. The average Bonchev–Trinajstić information content (AvgIpc) is 2.73. The minimum Gasteiger partial charge on any atom is -0.572 e. The largest absolute Gasteiger partial charge is 0.572 e. The van der Waals surface area contributed by atoms with Gasteiger partial charge < -0.3 is 7.85 Å². The first-order valence-corrected chi connectivity index (χ1v) is 7.31. The number of fused-ring (bicyclic) bond motifs is 1. The molecule has 159 valence electrons. The fourth-order valence-corrected chi connectivity index (χ4v) is 2.22. The molecule has 0 spiro atoms. The molecule has 0 aliphatic rings. The van der Waals surface area contributed by atoms with Gasteiger partial charge in [-0.25, -0.2) is 58.1 Å². The van der Waals surface area contributed by atoms with Gasteiger partial charge in [-0.15, -0.1) is 0 Å². The van der Waals surface area contributed by atoms with Gasteiger partial charge in [-0.2, -0.15) is 0 Å². The highest BCUT2D eigenvalue weighted by Gasteiger charge is 2.29. The Morgan fingerprint density at radius 2 is 0.633 bits per heavy atom. The second kappa shape index (κ2) is 8.11. The van der Waals surface area contributed by atoms with E-state index in [9.17, 15) is 52.7 Å². The van der Waals surface area contributed by atoms with Crippen molar-refractivity contribution in [3.63, 3.8) is 0 Å². The standard InChI is InChI=1S/C11H3F7.C6BF5/c1-2-5(12)3-4(7(14)6(2)13)9(16)11(18)10(17)8(3)15;7-1-2(8)4(10)6(12)5(11)3(1)9/h1H3;/q;-1. The van der Waals surface area contributed by atoms with Crippen molar-refractivity contribution in [3.8, 4) is 0 Å². The van der Waals surface area contributed by atoms with Gasteiger partial charge in [0.15, 0.2) is 52.4 Å². The van der Waals surface area contributed by atoms with Crippen molar-refractivity contribution in [2.75, 3.05) is 0 Å². The van der Waals surface area contributed by atoms with Crippen molar-refractivity contribution in [2.24, 2.45) is 0 Å². The van der Waals surface area contributed by atoms with Crippen LogP contribution in [0.15, 0.2) is 0 Å². The molecule has 0 bridgehead atoms. The summed E-state index contributed by atoms with van der Waals surface area (Å²) in [6.07, 6.45) is 0. The zero-order valence-corrected chi connectivity index (χ0v) is 14.1. The van der Waals surface area contributed by atoms with Crippen molar-refractivity contribution in [1.29, 1.82) is 0 Å². The molecule has 0 fully saturated rings. The highest BCUT2D eigenvalue weighted by Crippen LogP contribution is 2.33. The van der Waals surface area contributed by atoms with Crippen molar-refractivity contribution >= 4 is 24.1 Å². The first-order chi connectivity index (χ1) is 13.7. The maximum atomic E-state index is 13.5. The first kappa shape index (κ1) is 23.4. The summed E-state index contributed by atoms with van der Waals surface area (Å²) >= 11 is 0. The number of rotatable bonds is 0. The SMILES string of the molecule is Cc1c(F)c(F)c2c(F)c(F)c(F)c(F)c2c1F.[B-]c1c(F)c(F)c(F)c(F)c1F. The quantitative estimate of drug-likeness (QED) is 0.191. The second-order valence-corrected chi connectivity index (χ2v) is 5.56. The van der Waals surface area contributed by atoms with Crippen LogP contribution in [0.4, 0.5) is 52.7 Å². The van der Waals surface area contributed by atoms with Crippen molar-refractivity contribution in [2.45, 2.75) is 6.92 Å². The smallest absolute Gasteiger partial charge is 0.200 e.